The first-order valence-corrected chi connectivity index (χ1v) is 7.88. The molecule has 0 radical (unpaired) electrons. The van der Waals surface area contributed by atoms with E-state index in [9.17, 15) is 4.79 Å². The maximum absolute atomic E-state index is 12.2. The third-order valence-electron chi connectivity index (χ3n) is 3.48. The number of hydrogen-bond acceptors (Lipinski definition) is 6. The molecule has 2 rings (SSSR count). The van der Waals surface area contributed by atoms with Crippen LogP contribution in [0.2, 0.25) is 5.02 Å². The zero-order chi connectivity index (χ0) is 19.1. The molecule has 0 aromatic heterocycles. The molecular formula is C18H19ClN2O5. The number of carbonyl (C=O) groups excluding carboxylic acids is 1. The van der Waals surface area contributed by atoms with Gasteiger partial charge in [0.1, 0.15) is 0 Å². The van der Waals surface area contributed by atoms with Crippen LogP contribution >= 0.6 is 11.6 Å². The van der Waals surface area contributed by atoms with Crippen LogP contribution in [0.1, 0.15) is 15.9 Å². The molecule has 2 aromatic rings. The lowest BCUT2D eigenvalue weighted by Gasteiger charge is -2.10. The average molecular weight is 379 g/mol. The highest BCUT2D eigenvalue weighted by molar-refractivity contribution is 6.32. The maximum Gasteiger partial charge on any atom is 0.271 e. The molecule has 2 aromatic carbocycles. The SMILES string of the molecule is COc1ccc(C(=O)N/N=C\c2cc(Cl)c(OC)c(OC)c2)cc1OC. The first-order valence-electron chi connectivity index (χ1n) is 7.51. The van der Waals surface area contributed by atoms with Crippen LogP contribution in [0.25, 0.3) is 0 Å². The molecule has 0 spiro atoms. The van der Waals surface area contributed by atoms with Crippen LogP contribution in [0, 0.1) is 0 Å². The minimum Gasteiger partial charge on any atom is -0.493 e. The number of carbonyl (C=O) groups is 1. The van der Waals surface area contributed by atoms with Gasteiger partial charge >= 0.3 is 0 Å². The highest BCUT2D eigenvalue weighted by Crippen LogP contribution is 2.35. The second kappa shape index (κ2) is 8.96. The number of benzene rings is 2. The third kappa shape index (κ3) is 4.37. The lowest BCUT2D eigenvalue weighted by Crippen LogP contribution is -2.17. The van der Waals surface area contributed by atoms with E-state index in [0.29, 0.717) is 39.1 Å². The molecule has 0 bridgehead atoms. The van der Waals surface area contributed by atoms with E-state index in [0.717, 1.165) is 0 Å². The van der Waals surface area contributed by atoms with Gasteiger partial charge in [0.05, 0.1) is 39.7 Å². The standard InChI is InChI=1S/C18H19ClN2O5/c1-23-14-6-5-12(9-15(14)24-2)18(22)21-20-10-11-7-13(19)17(26-4)16(8-11)25-3/h5-10H,1-4H3,(H,21,22)/b20-10-. The van der Waals surface area contributed by atoms with Gasteiger partial charge in [-0.15, -0.1) is 0 Å². The van der Waals surface area contributed by atoms with Gasteiger partial charge in [0.25, 0.3) is 5.91 Å². The Morgan fingerprint density at radius 3 is 2.27 bits per heavy atom. The molecule has 1 N–H and O–H groups in total. The average Bonchev–Trinajstić information content (AvgIpc) is 2.66. The third-order valence-corrected chi connectivity index (χ3v) is 3.76. The van der Waals surface area contributed by atoms with Gasteiger partial charge in [-0.25, -0.2) is 5.43 Å². The summed E-state index contributed by atoms with van der Waals surface area (Å²) in [5, 5.41) is 4.31. The van der Waals surface area contributed by atoms with Crippen molar-refractivity contribution in [1.82, 2.24) is 5.43 Å². The predicted octanol–water partition coefficient (Wildman–Crippen LogP) is 3.14. The number of methoxy groups -OCH3 is 4. The molecule has 138 valence electrons. The van der Waals surface area contributed by atoms with Crippen molar-refractivity contribution >= 4 is 23.7 Å². The minimum atomic E-state index is -0.395. The summed E-state index contributed by atoms with van der Waals surface area (Å²) in [5.74, 6) is 1.49. The molecule has 0 aliphatic rings. The van der Waals surface area contributed by atoms with E-state index in [1.165, 1.54) is 34.7 Å². The van der Waals surface area contributed by atoms with Gasteiger partial charge in [0.15, 0.2) is 23.0 Å². The molecule has 7 nitrogen and oxygen atoms in total. The Labute approximate surface area is 156 Å². The lowest BCUT2D eigenvalue weighted by molar-refractivity contribution is 0.0954. The Bertz CT molecular complexity index is 823. The number of nitrogens with one attached hydrogen (secondary N) is 1. The molecule has 0 saturated heterocycles. The first-order chi connectivity index (χ1) is 12.5. The van der Waals surface area contributed by atoms with Crippen molar-refractivity contribution in [2.45, 2.75) is 0 Å². The fourth-order valence-corrected chi connectivity index (χ4v) is 2.52. The van der Waals surface area contributed by atoms with Crippen LogP contribution < -0.4 is 24.4 Å². The van der Waals surface area contributed by atoms with E-state index in [2.05, 4.69) is 10.5 Å². The fraction of sp³-hybridized carbons (Fsp3) is 0.222. The van der Waals surface area contributed by atoms with E-state index in [-0.39, 0.29) is 0 Å². The largest absolute Gasteiger partial charge is 0.493 e. The summed E-state index contributed by atoms with van der Waals surface area (Å²) in [5.41, 5.74) is 3.46. The van der Waals surface area contributed by atoms with Crippen molar-refractivity contribution in [1.29, 1.82) is 0 Å². The highest BCUT2D eigenvalue weighted by Gasteiger charge is 2.11. The van der Waals surface area contributed by atoms with Crippen molar-refractivity contribution in [3.05, 3.63) is 46.5 Å². The maximum atomic E-state index is 12.2. The Balaban J connectivity index is 2.13. The van der Waals surface area contributed by atoms with Gasteiger partial charge in [0.2, 0.25) is 0 Å². The van der Waals surface area contributed by atoms with Crippen molar-refractivity contribution in [2.24, 2.45) is 5.10 Å². The number of rotatable bonds is 7. The Hall–Kier alpha value is -2.93. The molecule has 0 aliphatic heterocycles. The van der Waals surface area contributed by atoms with Crippen LogP contribution in [-0.2, 0) is 0 Å². The Morgan fingerprint density at radius 1 is 0.962 bits per heavy atom. The monoisotopic (exact) mass is 378 g/mol. The zero-order valence-corrected chi connectivity index (χ0v) is 15.6. The van der Waals surface area contributed by atoms with E-state index in [1.807, 2.05) is 0 Å². The first kappa shape index (κ1) is 19.4. The number of ether oxygens (including phenoxy) is 4. The smallest absolute Gasteiger partial charge is 0.271 e. The lowest BCUT2D eigenvalue weighted by atomic mass is 10.2. The van der Waals surface area contributed by atoms with E-state index in [1.54, 1.807) is 30.3 Å². The van der Waals surface area contributed by atoms with Gasteiger partial charge in [-0.05, 0) is 35.9 Å². The Kier molecular flexibility index (Phi) is 6.68. The van der Waals surface area contributed by atoms with Gasteiger partial charge in [-0.3, -0.25) is 4.79 Å². The van der Waals surface area contributed by atoms with E-state index >= 15 is 0 Å². The summed E-state index contributed by atoms with van der Waals surface area (Å²) in [6.45, 7) is 0. The predicted molar refractivity (Wildman–Crippen MR) is 99.2 cm³/mol. The Morgan fingerprint density at radius 2 is 1.65 bits per heavy atom. The number of halogens is 1. The van der Waals surface area contributed by atoms with Crippen LogP contribution in [0.15, 0.2) is 35.4 Å². The zero-order valence-electron chi connectivity index (χ0n) is 14.8. The highest BCUT2D eigenvalue weighted by atomic mass is 35.5. The number of hydrogen-bond donors (Lipinski definition) is 1. The fourth-order valence-electron chi connectivity index (χ4n) is 2.22. The van der Waals surface area contributed by atoms with E-state index in [4.69, 9.17) is 30.5 Å². The number of hydrazone groups is 1. The molecule has 1 amide bonds. The van der Waals surface area contributed by atoms with E-state index < -0.39 is 5.91 Å². The normalized spacial score (nSPS) is 10.5. The molecule has 8 heteroatoms. The molecular weight excluding hydrogens is 360 g/mol. The summed E-state index contributed by atoms with van der Waals surface area (Å²) in [6, 6.07) is 8.16. The second-order valence-electron chi connectivity index (χ2n) is 5.01. The minimum absolute atomic E-state index is 0.375. The summed E-state index contributed by atoms with van der Waals surface area (Å²) < 4.78 is 20.7. The summed E-state index contributed by atoms with van der Waals surface area (Å²) in [4.78, 5) is 12.2. The van der Waals surface area contributed by atoms with Crippen LogP contribution in [-0.4, -0.2) is 40.6 Å². The molecule has 0 atom stereocenters. The van der Waals surface area contributed by atoms with Crippen molar-refractivity contribution in [3.63, 3.8) is 0 Å². The molecule has 0 aliphatic carbocycles. The quantitative estimate of drug-likeness (QED) is 0.591. The summed E-state index contributed by atoms with van der Waals surface area (Å²) in [6.07, 6.45) is 1.45. The van der Waals surface area contributed by atoms with Gasteiger partial charge < -0.3 is 18.9 Å². The molecule has 0 unspecified atom stereocenters. The molecule has 0 saturated carbocycles. The molecule has 0 fully saturated rings. The van der Waals surface area contributed by atoms with Crippen LogP contribution in [0.3, 0.4) is 0 Å². The molecule has 0 heterocycles. The summed E-state index contributed by atoms with van der Waals surface area (Å²) in [7, 11) is 6.03. The van der Waals surface area contributed by atoms with Crippen LogP contribution in [0.5, 0.6) is 23.0 Å². The van der Waals surface area contributed by atoms with Crippen molar-refractivity contribution in [2.75, 3.05) is 28.4 Å². The molecule has 26 heavy (non-hydrogen) atoms. The van der Waals surface area contributed by atoms with Gasteiger partial charge in [-0.1, -0.05) is 11.6 Å². The van der Waals surface area contributed by atoms with Crippen molar-refractivity contribution in [3.8, 4) is 23.0 Å². The van der Waals surface area contributed by atoms with Crippen molar-refractivity contribution < 1.29 is 23.7 Å². The van der Waals surface area contributed by atoms with Gasteiger partial charge in [0, 0.05) is 5.56 Å². The summed E-state index contributed by atoms with van der Waals surface area (Å²) >= 11 is 6.13. The number of nitrogens with zero attached hydrogens (tertiary/aromatic N) is 1. The number of amides is 1. The second-order valence-corrected chi connectivity index (χ2v) is 5.41. The topological polar surface area (TPSA) is 78.4 Å². The van der Waals surface area contributed by atoms with Gasteiger partial charge in [-0.2, -0.15) is 5.10 Å². The van der Waals surface area contributed by atoms with Crippen LogP contribution in [0.4, 0.5) is 0 Å².